The van der Waals surface area contributed by atoms with Crippen molar-refractivity contribution < 1.29 is 14.3 Å². The minimum absolute atomic E-state index is 0.00851. The lowest BCUT2D eigenvalue weighted by Gasteiger charge is -2.23. The van der Waals surface area contributed by atoms with Gasteiger partial charge in [-0.1, -0.05) is 118 Å². The maximum atomic E-state index is 12.7. The zero-order chi connectivity index (χ0) is 23.9. The summed E-state index contributed by atoms with van der Waals surface area (Å²) in [4.78, 5) is 23.6. The number of unbranched alkanes of at least 4 members (excludes halogenated alkanes) is 14. The predicted molar refractivity (Wildman–Crippen MR) is 137 cm³/mol. The van der Waals surface area contributed by atoms with Gasteiger partial charge in [-0.2, -0.15) is 0 Å². The van der Waals surface area contributed by atoms with Crippen LogP contribution in [0.2, 0.25) is 0 Å². The molecule has 0 spiro atoms. The van der Waals surface area contributed by atoms with Gasteiger partial charge in [0.05, 0.1) is 0 Å². The quantitative estimate of drug-likeness (QED) is 0.0911. The van der Waals surface area contributed by atoms with Crippen LogP contribution in [0.25, 0.3) is 0 Å². The van der Waals surface area contributed by atoms with Gasteiger partial charge in [0, 0.05) is 0 Å². The van der Waals surface area contributed by atoms with Crippen LogP contribution in [0.15, 0.2) is 0 Å². The van der Waals surface area contributed by atoms with E-state index in [9.17, 15) is 9.59 Å². The fourth-order valence-corrected chi connectivity index (χ4v) is 4.31. The Hall–Kier alpha value is -1.06. The molecule has 0 unspecified atom stereocenters. The van der Waals surface area contributed by atoms with Crippen LogP contribution < -0.4 is 5.32 Å². The summed E-state index contributed by atoms with van der Waals surface area (Å²) in [7, 11) is 0. The van der Waals surface area contributed by atoms with Gasteiger partial charge in [-0.15, -0.1) is 0 Å². The molecule has 4 heteroatoms. The van der Waals surface area contributed by atoms with E-state index in [-0.39, 0.29) is 12.1 Å². The summed E-state index contributed by atoms with van der Waals surface area (Å²) in [5, 5.41) is 2.66. The summed E-state index contributed by atoms with van der Waals surface area (Å²) in [6.07, 6.45) is 23.7. The van der Waals surface area contributed by atoms with Gasteiger partial charge in [0.25, 0.3) is 0 Å². The molecule has 0 fully saturated rings. The van der Waals surface area contributed by atoms with E-state index in [1.54, 1.807) is 0 Å². The normalized spacial score (nSPS) is 13.2. The number of rotatable bonds is 24. The van der Waals surface area contributed by atoms with Crippen LogP contribution in [0.3, 0.4) is 0 Å². The monoisotopic (exact) mass is 453 g/mol. The fraction of sp³-hybridized carbons (Fsp3) is 0.929. The maximum Gasteiger partial charge on any atom is 0.328 e. The van der Waals surface area contributed by atoms with Gasteiger partial charge in [0.1, 0.15) is 12.1 Å². The number of hydrogen-bond donors (Lipinski definition) is 1. The number of amides is 1. The molecular weight excluding hydrogens is 398 g/mol. The van der Waals surface area contributed by atoms with E-state index in [2.05, 4.69) is 33.0 Å². The Kier molecular flexibility index (Phi) is 22.3. The molecule has 0 rings (SSSR count). The van der Waals surface area contributed by atoms with Gasteiger partial charge < -0.3 is 10.1 Å². The van der Waals surface area contributed by atoms with E-state index in [4.69, 9.17) is 4.74 Å². The van der Waals surface area contributed by atoms with Gasteiger partial charge in [0.15, 0.2) is 0 Å². The van der Waals surface area contributed by atoms with E-state index in [1.165, 1.54) is 89.9 Å². The van der Waals surface area contributed by atoms with E-state index in [0.717, 1.165) is 25.7 Å². The molecule has 0 aliphatic carbocycles. The van der Waals surface area contributed by atoms with Crippen molar-refractivity contribution in [1.29, 1.82) is 0 Å². The van der Waals surface area contributed by atoms with Crippen LogP contribution >= 0.6 is 0 Å². The van der Waals surface area contributed by atoms with Crippen LogP contribution in [0.1, 0.15) is 150 Å². The highest BCUT2D eigenvalue weighted by molar-refractivity contribution is 5.78. The Balaban J connectivity index is 4.36. The summed E-state index contributed by atoms with van der Waals surface area (Å²) in [6.45, 7) is 8.63. The molecule has 0 bridgehead atoms. The second-order valence-electron chi connectivity index (χ2n) is 10.1. The summed E-state index contributed by atoms with van der Waals surface area (Å²) < 4.78 is 5.92. The smallest absolute Gasteiger partial charge is 0.328 e. The summed E-state index contributed by atoms with van der Waals surface area (Å²) in [5.74, 6) is 0.0774. The summed E-state index contributed by atoms with van der Waals surface area (Å²) >= 11 is 0. The maximum absolute atomic E-state index is 12.7. The molecule has 190 valence electrons. The number of carbonyl (C=O) groups is 2. The lowest BCUT2D eigenvalue weighted by molar-refractivity contribution is -0.153. The first-order chi connectivity index (χ1) is 15.5. The molecule has 0 aliphatic heterocycles. The van der Waals surface area contributed by atoms with E-state index < -0.39 is 6.04 Å². The Morgan fingerprint density at radius 1 is 0.719 bits per heavy atom. The van der Waals surface area contributed by atoms with Crippen LogP contribution in [0.5, 0.6) is 0 Å². The first-order valence-electron chi connectivity index (χ1n) is 13.9. The lowest BCUT2D eigenvalue weighted by Crippen LogP contribution is -2.40. The predicted octanol–water partition coefficient (Wildman–Crippen LogP) is 8.12. The summed E-state index contributed by atoms with van der Waals surface area (Å²) in [5.41, 5.74) is 0. The van der Waals surface area contributed by atoms with Gasteiger partial charge >= 0.3 is 5.97 Å². The van der Waals surface area contributed by atoms with Crippen LogP contribution in [-0.2, 0) is 14.3 Å². The zero-order valence-electron chi connectivity index (χ0n) is 22.0. The van der Waals surface area contributed by atoms with Gasteiger partial charge in [0.2, 0.25) is 6.41 Å². The second kappa shape index (κ2) is 23.1. The molecule has 0 saturated heterocycles. The van der Waals surface area contributed by atoms with Gasteiger partial charge in [-0.05, 0) is 38.0 Å². The molecule has 0 radical (unpaired) electrons. The number of hydrogen-bond acceptors (Lipinski definition) is 3. The number of carbonyl (C=O) groups excluding carboxylic acids is 2. The summed E-state index contributed by atoms with van der Waals surface area (Å²) in [6, 6.07) is -0.521. The van der Waals surface area contributed by atoms with Gasteiger partial charge in [-0.3, -0.25) is 4.79 Å². The van der Waals surface area contributed by atoms with Crippen LogP contribution in [-0.4, -0.2) is 24.5 Å². The Labute approximate surface area is 200 Å². The highest BCUT2D eigenvalue weighted by atomic mass is 16.5. The Bertz CT molecular complexity index is 425. The molecule has 0 aliphatic rings. The first kappa shape index (κ1) is 30.9. The molecule has 2 atom stereocenters. The number of esters is 1. The third kappa shape index (κ3) is 19.6. The van der Waals surface area contributed by atoms with Crippen LogP contribution in [0, 0.1) is 5.92 Å². The highest BCUT2D eigenvalue weighted by Crippen LogP contribution is 2.19. The molecule has 0 aromatic heterocycles. The first-order valence-corrected chi connectivity index (χ1v) is 13.9. The number of nitrogens with one attached hydrogen (secondary N) is 1. The van der Waals surface area contributed by atoms with Crippen molar-refractivity contribution in [3.05, 3.63) is 0 Å². The Morgan fingerprint density at radius 3 is 1.50 bits per heavy atom. The molecule has 0 saturated carbocycles. The second-order valence-corrected chi connectivity index (χ2v) is 10.1. The van der Waals surface area contributed by atoms with Crippen molar-refractivity contribution in [3.8, 4) is 0 Å². The SMILES string of the molecule is CCCCCCCCCCC[C@@H](CCCCCCCCC)OC(=O)[C@H](CC(C)C)NC=O. The molecule has 0 aromatic rings. The van der Waals surface area contributed by atoms with Crippen LogP contribution in [0.4, 0.5) is 0 Å². The molecule has 32 heavy (non-hydrogen) atoms. The molecule has 1 amide bonds. The van der Waals surface area contributed by atoms with Crippen molar-refractivity contribution in [3.63, 3.8) is 0 Å². The zero-order valence-corrected chi connectivity index (χ0v) is 22.0. The van der Waals surface area contributed by atoms with E-state index in [0.29, 0.717) is 18.7 Å². The number of ether oxygens (including phenoxy) is 1. The fourth-order valence-electron chi connectivity index (χ4n) is 4.31. The van der Waals surface area contributed by atoms with Gasteiger partial charge in [-0.25, -0.2) is 4.79 Å². The minimum Gasteiger partial charge on any atom is -0.461 e. The van der Waals surface area contributed by atoms with Crippen molar-refractivity contribution >= 4 is 12.4 Å². The topological polar surface area (TPSA) is 55.4 Å². The molecule has 0 aromatic carbocycles. The molecule has 4 nitrogen and oxygen atoms in total. The third-order valence-electron chi connectivity index (χ3n) is 6.30. The average Bonchev–Trinajstić information content (AvgIpc) is 2.76. The molecule has 1 N–H and O–H groups in total. The van der Waals surface area contributed by atoms with Crippen molar-refractivity contribution in [2.24, 2.45) is 5.92 Å². The standard InChI is InChI=1S/C28H55NO3/c1-5-7-9-11-13-14-16-18-20-22-26(21-19-17-15-12-10-8-6-2)32-28(31)27(29-24-30)23-25(3)4/h24-27H,5-23H2,1-4H3,(H,29,30)/t26-,27+/m1/s1. The Morgan fingerprint density at radius 2 is 1.12 bits per heavy atom. The molecule has 0 heterocycles. The minimum atomic E-state index is -0.521. The van der Waals surface area contributed by atoms with Crippen molar-refractivity contribution in [1.82, 2.24) is 5.32 Å². The van der Waals surface area contributed by atoms with Crippen molar-refractivity contribution in [2.45, 2.75) is 162 Å². The lowest BCUT2D eigenvalue weighted by atomic mass is 10.0. The van der Waals surface area contributed by atoms with E-state index in [1.807, 2.05) is 0 Å². The van der Waals surface area contributed by atoms with Crippen molar-refractivity contribution in [2.75, 3.05) is 0 Å². The van der Waals surface area contributed by atoms with E-state index >= 15 is 0 Å². The third-order valence-corrected chi connectivity index (χ3v) is 6.30. The molecular formula is C28H55NO3. The average molecular weight is 454 g/mol. The largest absolute Gasteiger partial charge is 0.461 e. The highest BCUT2D eigenvalue weighted by Gasteiger charge is 2.23.